The standard InChI is InChI=1S/C12H25NO/c1-3-11(9-14)13-12-6-4-5-10(2)7-8-12/h10-14H,3-9H2,1-2H3/t10?,11-,12?/m1/s1. The lowest BCUT2D eigenvalue weighted by molar-refractivity contribution is 0.222. The molecule has 2 unspecified atom stereocenters. The van der Waals surface area contributed by atoms with Crippen LogP contribution in [0, 0.1) is 5.92 Å². The molecule has 0 amide bonds. The van der Waals surface area contributed by atoms with E-state index >= 15 is 0 Å². The molecule has 0 aromatic carbocycles. The van der Waals surface area contributed by atoms with Gasteiger partial charge in [0.25, 0.3) is 0 Å². The molecule has 0 aromatic heterocycles. The molecule has 14 heavy (non-hydrogen) atoms. The Morgan fingerprint density at radius 1 is 1.29 bits per heavy atom. The molecule has 0 saturated heterocycles. The summed E-state index contributed by atoms with van der Waals surface area (Å²) in [5.41, 5.74) is 0. The Labute approximate surface area is 88.1 Å². The largest absolute Gasteiger partial charge is 0.395 e. The molecule has 2 N–H and O–H groups in total. The molecule has 2 nitrogen and oxygen atoms in total. The first-order valence-corrected chi connectivity index (χ1v) is 6.13. The monoisotopic (exact) mass is 199 g/mol. The minimum absolute atomic E-state index is 0.280. The molecule has 1 rings (SSSR count). The highest BCUT2D eigenvalue weighted by Crippen LogP contribution is 2.22. The Balaban J connectivity index is 2.29. The summed E-state index contributed by atoms with van der Waals surface area (Å²) in [7, 11) is 0. The van der Waals surface area contributed by atoms with Gasteiger partial charge in [0.15, 0.2) is 0 Å². The van der Waals surface area contributed by atoms with Crippen molar-refractivity contribution >= 4 is 0 Å². The second-order valence-electron chi connectivity index (χ2n) is 4.76. The van der Waals surface area contributed by atoms with E-state index in [1.807, 2.05) is 0 Å². The van der Waals surface area contributed by atoms with E-state index in [-0.39, 0.29) is 6.61 Å². The van der Waals surface area contributed by atoms with Crippen LogP contribution < -0.4 is 5.32 Å². The van der Waals surface area contributed by atoms with Crippen LogP contribution in [-0.4, -0.2) is 23.8 Å². The number of hydrogen-bond acceptors (Lipinski definition) is 2. The third-order valence-corrected chi connectivity index (χ3v) is 3.44. The van der Waals surface area contributed by atoms with Crippen molar-refractivity contribution in [1.82, 2.24) is 5.32 Å². The summed E-state index contributed by atoms with van der Waals surface area (Å²) in [6, 6.07) is 0.963. The summed E-state index contributed by atoms with van der Waals surface area (Å²) in [6.45, 7) is 4.77. The van der Waals surface area contributed by atoms with E-state index in [4.69, 9.17) is 5.11 Å². The van der Waals surface area contributed by atoms with Crippen LogP contribution in [0.15, 0.2) is 0 Å². The van der Waals surface area contributed by atoms with E-state index in [1.54, 1.807) is 0 Å². The third kappa shape index (κ3) is 3.97. The highest BCUT2D eigenvalue weighted by molar-refractivity contribution is 4.76. The first-order valence-electron chi connectivity index (χ1n) is 6.13. The summed E-state index contributed by atoms with van der Waals surface area (Å²) in [5.74, 6) is 0.899. The second-order valence-corrected chi connectivity index (χ2v) is 4.76. The predicted octanol–water partition coefficient (Wildman–Crippen LogP) is 2.32. The molecule has 0 aliphatic heterocycles. The number of nitrogens with one attached hydrogen (secondary N) is 1. The molecule has 1 aliphatic carbocycles. The van der Waals surface area contributed by atoms with Gasteiger partial charge >= 0.3 is 0 Å². The lowest BCUT2D eigenvalue weighted by Crippen LogP contribution is -2.39. The molecule has 84 valence electrons. The molecule has 1 fully saturated rings. The first-order chi connectivity index (χ1) is 6.76. The van der Waals surface area contributed by atoms with E-state index in [1.165, 1.54) is 32.1 Å². The zero-order valence-corrected chi connectivity index (χ0v) is 9.63. The maximum Gasteiger partial charge on any atom is 0.0584 e. The van der Waals surface area contributed by atoms with Crippen molar-refractivity contribution in [3.63, 3.8) is 0 Å². The molecule has 0 bridgehead atoms. The number of aliphatic hydroxyl groups excluding tert-OH is 1. The molecule has 3 atom stereocenters. The van der Waals surface area contributed by atoms with Crippen LogP contribution in [0.2, 0.25) is 0 Å². The van der Waals surface area contributed by atoms with Crippen LogP contribution in [0.3, 0.4) is 0 Å². The zero-order chi connectivity index (χ0) is 10.4. The van der Waals surface area contributed by atoms with Gasteiger partial charge in [-0.1, -0.05) is 26.7 Å². The summed E-state index contributed by atoms with van der Waals surface area (Å²) >= 11 is 0. The molecule has 0 radical (unpaired) electrons. The lowest BCUT2D eigenvalue weighted by Gasteiger charge is -2.22. The SMILES string of the molecule is CC[C@H](CO)NC1CCCC(C)CC1. The van der Waals surface area contributed by atoms with Gasteiger partial charge in [0.2, 0.25) is 0 Å². The first kappa shape index (κ1) is 12.0. The minimum Gasteiger partial charge on any atom is -0.395 e. The minimum atomic E-state index is 0.280. The Hall–Kier alpha value is -0.0800. The molecule has 2 heteroatoms. The summed E-state index contributed by atoms with van der Waals surface area (Å²) in [4.78, 5) is 0. The fourth-order valence-electron chi connectivity index (χ4n) is 2.29. The van der Waals surface area contributed by atoms with Gasteiger partial charge < -0.3 is 10.4 Å². The normalized spacial score (nSPS) is 31.1. The topological polar surface area (TPSA) is 32.3 Å². The van der Waals surface area contributed by atoms with Crippen LogP contribution in [0.5, 0.6) is 0 Å². The van der Waals surface area contributed by atoms with Crippen molar-refractivity contribution in [3.05, 3.63) is 0 Å². The van der Waals surface area contributed by atoms with Gasteiger partial charge in [0, 0.05) is 12.1 Å². The average molecular weight is 199 g/mol. The van der Waals surface area contributed by atoms with Crippen molar-refractivity contribution in [3.8, 4) is 0 Å². The maximum atomic E-state index is 9.12. The van der Waals surface area contributed by atoms with Gasteiger partial charge in [-0.3, -0.25) is 0 Å². The lowest BCUT2D eigenvalue weighted by atomic mass is 10.0. The van der Waals surface area contributed by atoms with E-state index in [2.05, 4.69) is 19.2 Å². The molecule has 1 aliphatic rings. The molecule has 0 heterocycles. The van der Waals surface area contributed by atoms with E-state index < -0.39 is 0 Å². The Kier molecular flexibility index (Phi) is 5.49. The zero-order valence-electron chi connectivity index (χ0n) is 9.63. The van der Waals surface area contributed by atoms with Crippen LogP contribution in [0.25, 0.3) is 0 Å². The predicted molar refractivity (Wildman–Crippen MR) is 60.3 cm³/mol. The molecule has 1 saturated carbocycles. The van der Waals surface area contributed by atoms with Crippen LogP contribution >= 0.6 is 0 Å². The van der Waals surface area contributed by atoms with Crippen molar-refractivity contribution in [2.45, 2.75) is 64.5 Å². The Bertz CT molecular complexity index is 145. The quantitative estimate of drug-likeness (QED) is 0.681. The number of hydrogen-bond donors (Lipinski definition) is 2. The molecular weight excluding hydrogens is 174 g/mol. The molecular formula is C12H25NO. The second kappa shape index (κ2) is 6.41. The summed E-state index contributed by atoms with van der Waals surface area (Å²) in [5, 5.41) is 12.7. The number of aliphatic hydroxyl groups is 1. The van der Waals surface area contributed by atoms with E-state index in [0.29, 0.717) is 12.1 Å². The fraction of sp³-hybridized carbons (Fsp3) is 1.00. The molecule has 0 spiro atoms. The molecule has 0 aromatic rings. The van der Waals surface area contributed by atoms with Gasteiger partial charge in [-0.15, -0.1) is 0 Å². The van der Waals surface area contributed by atoms with Crippen LogP contribution in [0.1, 0.15) is 52.4 Å². The van der Waals surface area contributed by atoms with Gasteiger partial charge in [0.05, 0.1) is 6.61 Å². The van der Waals surface area contributed by atoms with E-state index in [0.717, 1.165) is 12.3 Å². The third-order valence-electron chi connectivity index (χ3n) is 3.44. The Morgan fingerprint density at radius 2 is 2.07 bits per heavy atom. The van der Waals surface area contributed by atoms with Crippen molar-refractivity contribution < 1.29 is 5.11 Å². The van der Waals surface area contributed by atoms with Gasteiger partial charge in [-0.25, -0.2) is 0 Å². The summed E-state index contributed by atoms with van der Waals surface area (Å²) in [6.07, 6.45) is 7.69. The highest BCUT2D eigenvalue weighted by Gasteiger charge is 2.17. The summed E-state index contributed by atoms with van der Waals surface area (Å²) < 4.78 is 0. The van der Waals surface area contributed by atoms with Gasteiger partial charge in [-0.2, -0.15) is 0 Å². The van der Waals surface area contributed by atoms with Crippen molar-refractivity contribution in [2.24, 2.45) is 5.92 Å². The van der Waals surface area contributed by atoms with Gasteiger partial charge in [0.1, 0.15) is 0 Å². The Morgan fingerprint density at radius 3 is 2.71 bits per heavy atom. The van der Waals surface area contributed by atoms with E-state index in [9.17, 15) is 0 Å². The van der Waals surface area contributed by atoms with Crippen LogP contribution in [-0.2, 0) is 0 Å². The van der Waals surface area contributed by atoms with Crippen molar-refractivity contribution in [2.75, 3.05) is 6.61 Å². The smallest absolute Gasteiger partial charge is 0.0584 e. The van der Waals surface area contributed by atoms with Crippen molar-refractivity contribution in [1.29, 1.82) is 0 Å². The maximum absolute atomic E-state index is 9.12. The fourth-order valence-corrected chi connectivity index (χ4v) is 2.29. The number of rotatable bonds is 4. The van der Waals surface area contributed by atoms with Crippen LogP contribution in [0.4, 0.5) is 0 Å². The highest BCUT2D eigenvalue weighted by atomic mass is 16.3. The average Bonchev–Trinajstić information content (AvgIpc) is 2.40. The van der Waals surface area contributed by atoms with Gasteiger partial charge in [-0.05, 0) is 31.6 Å².